The van der Waals surface area contributed by atoms with Crippen LogP contribution in [-0.4, -0.2) is 21.0 Å². The fraction of sp³-hybridized carbons (Fsp3) is 0. The van der Waals surface area contributed by atoms with Crippen LogP contribution in [0.4, 0.5) is 11.7 Å². The molecule has 1 N–H and O–H groups in total. The first-order valence-corrected chi connectivity index (χ1v) is 7.72. The molecular weight excluding hydrogens is 360 g/mol. The second-order valence-electron chi connectivity index (χ2n) is 5.07. The minimum absolute atomic E-state index is 0.0613. The van der Waals surface area contributed by atoms with Crippen molar-refractivity contribution in [2.75, 3.05) is 5.32 Å². The lowest BCUT2D eigenvalue weighted by Crippen LogP contribution is -2.07. The molecule has 0 radical (unpaired) electrons. The van der Waals surface area contributed by atoms with Crippen LogP contribution in [0.5, 0.6) is 0 Å². The van der Waals surface area contributed by atoms with Gasteiger partial charge in [0.2, 0.25) is 0 Å². The number of anilines is 1. The van der Waals surface area contributed by atoms with Crippen molar-refractivity contribution in [3.8, 4) is 11.5 Å². The maximum Gasteiger partial charge on any atom is 0.322 e. The Labute approximate surface area is 152 Å². The predicted octanol–water partition coefficient (Wildman–Crippen LogP) is 3.95. The van der Waals surface area contributed by atoms with Gasteiger partial charge in [0, 0.05) is 18.2 Å². The van der Waals surface area contributed by atoms with Crippen molar-refractivity contribution in [3.63, 3.8) is 0 Å². The molecule has 3 rings (SSSR count). The molecule has 0 saturated heterocycles. The van der Waals surface area contributed by atoms with E-state index in [4.69, 9.17) is 16.0 Å². The Kier molecular flexibility index (Phi) is 5.04. The van der Waals surface area contributed by atoms with Gasteiger partial charge in [0.25, 0.3) is 17.5 Å². The molecule has 0 bridgehead atoms. The monoisotopic (exact) mass is 370 g/mol. The molecule has 0 aliphatic heterocycles. The predicted molar refractivity (Wildman–Crippen MR) is 95.5 cm³/mol. The molecule has 1 aromatic heterocycles. The highest BCUT2D eigenvalue weighted by Gasteiger charge is 2.12. The number of nitrogens with one attached hydrogen (secondary N) is 1. The van der Waals surface area contributed by atoms with Crippen LogP contribution in [0.15, 0.2) is 59.0 Å². The summed E-state index contributed by atoms with van der Waals surface area (Å²) >= 11 is 6.05. The summed E-state index contributed by atoms with van der Waals surface area (Å²) in [4.78, 5) is 22.2. The van der Waals surface area contributed by atoms with Crippen LogP contribution >= 0.6 is 11.6 Å². The minimum Gasteiger partial charge on any atom is -0.403 e. The molecule has 3 aromatic rings. The number of benzene rings is 2. The molecule has 2 aromatic carbocycles. The molecular formula is C17H11ClN4O4. The van der Waals surface area contributed by atoms with E-state index in [2.05, 4.69) is 15.5 Å². The number of halogens is 1. The first kappa shape index (κ1) is 17.3. The fourth-order valence-electron chi connectivity index (χ4n) is 2.08. The maximum absolute atomic E-state index is 11.9. The van der Waals surface area contributed by atoms with Crippen molar-refractivity contribution < 1.29 is 14.1 Å². The summed E-state index contributed by atoms with van der Waals surface area (Å²) in [5, 5.41) is 21.2. The SMILES string of the molecule is O=C(/C=C/c1cccc([N+](=O)[O-])c1)Nc1nnc(-c2ccccc2Cl)o1. The standard InChI is InChI=1S/C17H11ClN4O4/c18-14-7-2-1-6-13(14)16-20-21-17(26-16)19-15(23)9-8-11-4-3-5-12(10-11)22(24)25/h1-10H,(H,19,21,23)/b9-8+. The van der Waals surface area contributed by atoms with Crippen molar-refractivity contribution >= 4 is 35.3 Å². The third-order valence-corrected chi connectivity index (χ3v) is 3.60. The zero-order chi connectivity index (χ0) is 18.5. The van der Waals surface area contributed by atoms with Gasteiger partial charge in [-0.3, -0.25) is 20.2 Å². The van der Waals surface area contributed by atoms with Gasteiger partial charge in [0.05, 0.1) is 15.5 Å². The molecule has 8 nitrogen and oxygen atoms in total. The van der Waals surface area contributed by atoms with E-state index >= 15 is 0 Å². The molecule has 0 atom stereocenters. The molecule has 0 spiro atoms. The van der Waals surface area contributed by atoms with Crippen LogP contribution in [-0.2, 0) is 4.79 Å². The molecule has 0 unspecified atom stereocenters. The van der Waals surface area contributed by atoms with Crippen LogP contribution in [0.25, 0.3) is 17.5 Å². The van der Waals surface area contributed by atoms with E-state index in [0.717, 1.165) is 0 Å². The number of amides is 1. The summed E-state index contributed by atoms with van der Waals surface area (Å²) in [6, 6.07) is 12.7. The number of carbonyl (C=O) groups excluding carboxylic acids is 1. The smallest absolute Gasteiger partial charge is 0.322 e. The highest BCUT2D eigenvalue weighted by Crippen LogP contribution is 2.27. The van der Waals surface area contributed by atoms with E-state index in [0.29, 0.717) is 16.1 Å². The number of hydrogen-bond acceptors (Lipinski definition) is 6. The lowest BCUT2D eigenvalue weighted by atomic mass is 10.2. The average Bonchev–Trinajstić information content (AvgIpc) is 3.08. The van der Waals surface area contributed by atoms with Crippen molar-refractivity contribution in [3.05, 3.63) is 75.3 Å². The first-order valence-electron chi connectivity index (χ1n) is 7.35. The Balaban J connectivity index is 1.68. The zero-order valence-electron chi connectivity index (χ0n) is 13.1. The Hall–Kier alpha value is -3.52. The molecule has 9 heteroatoms. The van der Waals surface area contributed by atoms with E-state index < -0.39 is 10.8 Å². The van der Waals surface area contributed by atoms with Crippen LogP contribution in [0.2, 0.25) is 5.02 Å². The Morgan fingerprint density at radius 3 is 2.77 bits per heavy atom. The normalized spacial score (nSPS) is 10.8. The van der Waals surface area contributed by atoms with Gasteiger partial charge in [-0.2, -0.15) is 0 Å². The van der Waals surface area contributed by atoms with E-state index in [-0.39, 0.29) is 17.6 Å². The number of non-ortho nitro benzene ring substituents is 1. The number of aromatic nitrogens is 2. The average molecular weight is 371 g/mol. The van der Waals surface area contributed by atoms with Gasteiger partial charge in [0.15, 0.2) is 0 Å². The van der Waals surface area contributed by atoms with Gasteiger partial charge in [-0.1, -0.05) is 41.0 Å². The number of hydrogen-bond donors (Lipinski definition) is 1. The maximum atomic E-state index is 11.9. The number of nitro benzene ring substituents is 1. The van der Waals surface area contributed by atoms with E-state index in [1.807, 2.05) is 0 Å². The summed E-state index contributed by atoms with van der Waals surface area (Å²) in [6.45, 7) is 0. The zero-order valence-corrected chi connectivity index (χ0v) is 13.9. The van der Waals surface area contributed by atoms with Gasteiger partial charge in [-0.05, 0) is 23.8 Å². The topological polar surface area (TPSA) is 111 Å². The van der Waals surface area contributed by atoms with Gasteiger partial charge < -0.3 is 4.42 Å². The van der Waals surface area contributed by atoms with Crippen LogP contribution in [0, 0.1) is 10.1 Å². The summed E-state index contributed by atoms with van der Waals surface area (Å²) < 4.78 is 5.36. The van der Waals surface area contributed by atoms with Gasteiger partial charge >= 0.3 is 6.01 Å². The second kappa shape index (κ2) is 7.58. The van der Waals surface area contributed by atoms with Gasteiger partial charge in [-0.25, -0.2) is 0 Å². The first-order chi connectivity index (χ1) is 12.5. The highest BCUT2D eigenvalue weighted by atomic mass is 35.5. The third kappa shape index (κ3) is 4.11. The molecule has 0 aliphatic rings. The molecule has 0 saturated carbocycles. The van der Waals surface area contributed by atoms with Crippen molar-refractivity contribution in [1.82, 2.24) is 10.2 Å². The minimum atomic E-state index is -0.522. The Morgan fingerprint density at radius 1 is 1.19 bits per heavy atom. The fourth-order valence-corrected chi connectivity index (χ4v) is 2.29. The van der Waals surface area contributed by atoms with Gasteiger partial charge in [-0.15, -0.1) is 5.10 Å². The summed E-state index contributed by atoms with van der Waals surface area (Å²) in [7, 11) is 0. The van der Waals surface area contributed by atoms with Crippen LogP contribution < -0.4 is 5.32 Å². The van der Waals surface area contributed by atoms with Crippen molar-refractivity contribution in [2.24, 2.45) is 0 Å². The Morgan fingerprint density at radius 2 is 2.00 bits per heavy atom. The molecule has 1 heterocycles. The van der Waals surface area contributed by atoms with E-state index in [1.165, 1.54) is 30.4 Å². The Bertz CT molecular complexity index is 1000. The van der Waals surface area contributed by atoms with E-state index in [1.54, 1.807) is 30.3 Å². The lowest BCUT2D eigenvalue weighted by molar-refractivity contribution is -0.384. The largest absolute Gasteiger partial charge is 0.403 e. The molecule has 130 valence electrons. The van der Waals surface area contributed by atoms with E-state index in [9.17, 15) is 14.9 Å². The second-order valence-corrected chi connectivity index (χ2v) is 5.47. The number of nitro groups is 1. The van der Waals surface area contributed by atoms with Gasteiger partial charge in [0.1, 0.15) is 0 Å². The molecule has 1 amide bonds. The number of carbonyl (C=O) groups is 1. The molecule has 0 fully saturated rings. The van der Waals surface area contributed by atoms with Crippen molar-refractivity contribution in [1.29, 1.82) is 0 Å². The third-order valence-electron chi connectivity index (χ3n) is 3.27. The van der Waals surface area contributed by atoms with Crippen LogP contribution in [0.1, 0.15) is 5.56 Å². The summed E-state index contributed by atoms with van der Waals surface area (Å²) in [6.07, 6.45) is 2.64. The highest BCUT2D eigenvalue weighted by molar-refractivity contribution is 6.33. The summed E-state index contributed by atoms with van der Waals surface area (Å²) in [5.74, 6) is -0.348. The molecule has 0 aliphatic carbocycles. The van der Waals surface area contributed by atoms with Crippen LogP contribution in [0.3, 0.4) is 0 Å². The van der Waals surface area contributed by atoms with Crippen molar-refractivity contribution in [2.45, 2.75) is 0 Å². The lowest BCUT2D eigenvalue weighted by Gasteiger charge is -1.97. The molecule has 26 heavy (non-hydrogen) atoms. The summed E-state index contributed by atoms with van der Waals surface area (Å²) in [5.41, 5.74) is 1.000. The number of rotatable bonds is 5. The number of nitrogens with zero attached hydrogens (tertiary/aromatic N) is 3. The quantitative estimate of drug-likeness (QED) is 0.413.